The maximum absolute atomic E-state index is 13.5. The van der Waals surface area contributed by atoms with E-state index in [0.29, 0.717) is 23.1 Å². The number of hydrogen-bond acceptors (Lipinski definition) is 15. The lowest BCUT2D eigenvalue weighted by molar-refractivity contribution is -0.160. The third kappa shape index (κ3) is 27.5. The molecule has 0 radical (unpaired) electrons. The highest BCUT2D eigenvalue weighted by Gasteiger charge is 2.28. The summed E-state index contributed by atoms with van der Waals surface area (Å²) < 4.78 is 88.7. The number of phenolic OH excluding ortho intramolecular Hbond substituents is 2. The summed E-state index contributed by atoms with van der Waals surface area (Å²) in [7, 11) is -7.91. The number of esters is 2. The third-order valence-corrected chi connectivity index (χ3v) is 16.1. The second-order valence-corrected chi connectivity index (χ2v) is 28.1. The first kappa shape index (κ1) is 71.9. The van der Waals surface area contributed by atoms with Gasteiger partial charge in [0.1, 0.15) is 40.9 Å². The number of ether oxygens (including phenoxy) is 3. The van der Waals surface area contributed by atoms with E-state index in [1.807, 2.05) is 104 Å². The molecular weight excluding hydrogens is 1170 g/mol. The van der Waals surface area contributed by atoms with Gasteiger partial charge in [0, 0.05) is 18.2 Å². The Morgan fingerprint density at radius 3 is 1.36 bits per heavy atom. The Morgan fingerprint density at radius 2 is 0.940 bits per heavy atom. The van der Waals surface area contributed by atoms with Crippen molar-refractivity contribution < 1.29 is 73.8 Å². The van der Waals surface area contributed by atoms with Gasteiger partial charge >= 0.3 is 11.9 Å². The minimum atomic E-state index is -4.00. The molecule has 0 bridgehead atoms. The van der Waals surface area contributed by atoms with Gasteiger partial charge in [-0.05, 0) is 195 Å². The summed E-state index contributed by atoms with van der Waals surface area (Å²) in [5.74, 6) is 0.269. The van der Waals surface area contributed by atoms with Crippen LogP contribution < -0.4 is 4.74 Å². The molecule has 0 amide bonds. The summed E-state index contributed by atoms with van der Waals surface area (Å²) >= 11 is 3.10. The predicted molar refractivity (Wildman–Crippen MR) is 324 cm³/mol. The van der Waals surface area contributed by atoms with E-state index in [9.17, 15) is 51.2 Å². The number of aromatic hydroxyl groups is 2. The van der Waals surface area contributed by atoms with E-state index >= 15 is 0 Å². The van der Waals surface area contributed by atoms with Crippen molar-refractivity contribution in [3.05, 3.63) is 149 Å². The van der Waals surface area contributed by atoms with E-state index < -0.39 is 48.5 Å². The number of aliphatic hydroxyl groups is 2. The van der Waals surface area contributed by atoms with Crippen LogP contribution in [0.1, 0.15) is 175 Å². The van der Waals surface area contributed by atoms with E-state index in [0.717, 1.165) is 41.2 Å². The summed E-state index contributed by atoms with van der Waals surface area (Å²) in [5, 5.41) is 38.6. The van der Waals surface area contributed by atoms with Gasteiger partial charge < -0.3 is 34.6 Å². The standard InChI is InChI=1S/C36H48O8S.C16H24O3.C12H16BrFO4S/c1-25(22-30(29-10-14-31(37)15-11-29)23-26(2)34(38)44-35(3,4)5)28-12-16-32(17-13-28)42-24-27-8-18-33(19-9-27)45(40,41)43-21-20-36(6,7)39;1-11(13-6-8-14(17)9-7-13)10-12(2)15(18)19-16(3,4)5;1-12(2,15)5-6-18-19(16,17)10-4-3-9(8-13)11(14)7-10/h8-19,25-26,30,37,39H,20-24H2,1-7H3;6-9,11-12,17H,10H2,1-5H3;3-4,7,15H,5-6,8H2,1-2H3. The van der Waals surface area contributed by atoms with Gasteiger partial charge in [0.05, 0.1) is 46.0 Å². The van der Waals surface area contributed by atoms with Gasteiger partial charge in [-0.3, -0.25) is 18.0 Å². The number of rotatable bonds is 25. The molecule has 0 saturated carbocycles. The smallest absolute Gasteiger partial charge is 0.309 e. The van der Waals surface area contributed by atoms with Crippen LogP contribution in [0.5, 0.6) is 17.2 Å². The van der Waals surface area contributed by atoms with Gasteiger partial charge in [0.15, 0.2) is 0 Å². The molecule has 0 aliphatic rings. The van der Waals surface area contributed by atoms with E-state index in [-0.39, 0.29) is 95.5 Å². The summed E-state index contributed by atoms with van der Waals surface area (Å²) in [6, 6.07) is 32.1. The third-order valence-electron chi connectivity index (χ3n) is 12.9. The van der Waals surface area contributed by atoms with Crippen molar-refractivity contribution in [3.63, 3.8) is 0 Å². The lowest BCUT2D eigenvalue weighted by Gasteiger charge is -2.27. The molecular formula is C64H88BrFO15S2. The SMILES string of the molecule is CC(C)(O)CCOS(=O)(=O)c1ccc(CBr)c(F)c1.CC(CC(C)c1ccc(O)cc1)C(=O)OC(C)(C)C.CC(CC(CC(C)c1ccc(OCc2ccc(S(=O)(=O)OCCC(C)(C)O)cc2)cc1)c1ccc(O)cc1)C(=O)OC(C)(C)C. The second kappa shape index (κ2) is 31.6. The van der Waals surface area contributed by atoms with Crippen molar-refractivity contribution in [2.75, 3.05) is 13.2 Å². The summed E-state index contributed by atoms with van der Waals surface area (Å²) in [5.41, 5.74) is 1.49. The van der Waals surface area contributed by atoms with Crippen molar-refractivity contribution >= 4 is 48.1 Å². The molecule has 5 unspecified atom stereocenters. The van der Waals surface area contributed by atoms with Crippen molar-refractivity contribution in [1.29, 1.82) is 0 Å². The Labute approximate surface area is 501 Å². The zero-order valence-corrected chi connectivity index (χ0v) is 53.8. The van der Waals surface area contributed by atoms with E-state index in [1.54, 1.807) is 64.1 Å². The predicted octanol–water partition coefficient (Wildman–Crippen LogP) is 13.9. The molecule has 19 heteroatoms. The summed E-state index contributed by atoms with van der Waals surface area (Å²) in [6.07, 6.45) is 2.52. The molecule has 5 rings (SSSR count). The summed E-state index contributed by atoms with van der Waals surface area (Å²) in [6.45, 7) is 25.6. The molecule has 5 aromatic carbocycles. The molecule has 5 atom stereocenters. The number of benzene rings is 5. The fraction of sp³-hybridized carbons (Fsp3) is 0.500. The largest absolute Gasteiger partial charge is 0.508 e. The molecule has 83 heavy (non-hydrogen) atoms. The first-order valence-electron chi connectivity index (χ1n) is 27.7. The minimum absolute atomic E-state index is 0.0476. The zero-order chi connectivity index (χ0) is 62.7. The summed E-state index contributed by atoms with van der Waals surface area (Å²) in [4.78, 5) is 24.5. The van der Waals surface area contributed by atoms with Crippen LogP contribution in [-0.4, -0.2) is 84.8 Å². The Kier molecular flexibility index (Phi) is 27.4. The fourth-order valence-corrected chi connectivity index (χ4v) is 10.4. The van der Waals surface area contributed by atoms with Crippen molar-refractivity contribution in [2.24, 2.45) is 11.8 Å². The van der Waals surface area contributed by atoms with Gasteiger partial charge in [-0.1, -0.05) is 98.2 Å². The lowest BCUT2D eigenvalue weighted by Crippen LogP contribution is -2.28. The van der Waals surface area contributed by atoms with Gasteiger partial charge in [0.2, 0.25) is 0 Å². The first-order chi connectivity index (χ1) is 38.3. The van der Waals surface area contributed by atoms with Crippen LogP contribution in [0.2, 0.25) is 0 Å². The highest BCUT2D eigenvalue weighted by atomic mass is 79.9. The van der Waals surface area contributed by atoms with Crippen LogP contribution in [0, 0.1) is 17.7 Å². The Morgan fingerprint density at radius 1 is 0.542 bits per heavy atom. The molecule has 15 nitrogen and oxygen atoms in total. The van der Waals surface area contributed by atoms with Gasteiger partial charge in [-0.15, -0.1) is 0 Å². The number of alkyl halides is 1. The lowest BCUT2D eigenvalue weighted by atomic mass is 9.81. The number of halogens is 2. The van der Waals surface area contributed by atoms with Gasteiger partial charge in [0.25, 0.3) is 20.2 Å². The Balaban J connectivity index is 0.000000389. The number of hydrogen-bond donors (Lipinski definition) is 4. The fourth-order valence-electron chi connectivity index (χ4n) is 8.11. The molecule has 5 aromatic rings. The Hall–Kier alpha value is -5.41. The monoisotopic (exact) mass is 1260 g/mol. The molecule has 0 aliphatic heterocycles. The molecule has 0 saturated heterocycles. The van der Waals surface area contributed by atoms with E-state index in [2.05, 4.69) is 29.8 Å². The number of carbonyl (C=O) groups is 2. The van der Waals surface area contributed by atoms with Gasteiger partial charge in [-0.25, -0.2) is 4.39 Å². The van der Waals surface area contributed by atoms with E-state index in [4.69, 9.17) is 22.6 Å². The highest BCUT2D eigenvalue weighted by Crippen LogP contribution is 2.36. The van der Waals surface area contributed by atoms with Crippen molar-refractivity contribution in [2.45, 2.75) is 191 Å². The van der Waals surface area contributed by atoms with Crippen LogP contribution in [0.25, 0.3) is 0 Å². The number of carbonyl (C=O) groups excluding carboxylic acids is 2. The Bertz CT molecular complexity index is 3020. The van der Waals surface area contributed by atoms with Gasteiger partial charge in [-0.2, -0.15) is 16.8 Å². The van der Waals surface area contributed by atoms with Crippen LogP contribution in [0.3, 0.4) is 0 Å². The van der Waals surface area contributed by atoms with Crippen LogP contribution in [-0.2, 0) is 59.6 Å². The minimum Gasteiger partial charge on any atom is -0.508 e. The maximum atomic E-state index is 13.5. The average Bonchev–Trinajstić information content (AvgIpc) is 3.37. The molecule has 0 heterocycles. The maximum Gasteiger partial charge on any atom is 0.309 e. The molecule has 0 aliphatic carbocycles. The molecule has 0 spiro atoms. The van der Waals surface area contributed by atoms with Crippen molar-refractivity contribution in [1.82, 2.24) is 0 Å². The van der Waals surface area contributed by atoms with Crippen molar-refractivity contribution in [3.8, 4) is 17.2 Å². The van der Waals surface area contributed by atoms with Crippen LogP contribution in [0.15, 0.2) is 125 Å². The molecule has 4 N–H and O–H groups in total. The second-order valence-electron chi connectivity index (χ2n) is 24.3. The molecule has 460 valence electrons. The first-order valence-corrected chi connectivity index (χ1v) is 31.6. The average molecular weight is 1260 g/mol. The zero-order valence-electron chi connectivity index (χ0n) is 50.6. The van der Waals surface area contributed by atoms with Crippen LogP contribution in [0.4, 0.5) is 4.39 Å². The topological polar surface area (TPSA) is 229 Å². The highest BCUT2D eigenvalue weighted by molar-refractivity contribution is 9.08. The molecule has 0 fully saturated rings. The quantitative estimate of drug-likeness (QED) is 0.0242. The van der Waals surface area contributed by atoms with E-state index in [1.165, 1.54) is 24.3 Å². The normalized spacial score (nSPS) is 14.1. The number of phenols is 2. The van der Waals surface area contributed by atoms with Crippen LogP contribution >= 0.6 is 15.9 Å². The molecule has 0 aromatic heterocycles.